The number of carbonyl (C=O) groups excluding carboxylic acids is 1. The first-order valence-electron chi connectivity index (χ1n) is 6.12. The number of hydrogen-bond donors (Lipinski definition) is 2. The first-order chi connectivity index (χ1) is 9.10. The summed E-state index contributed by atoms with van der Waals surface area (Å²) in [6.45, 7) is 2.93. The van der Waals surface area contributed by atoms with E-state index in [1.165, 1.54) is 24.3 Å². The lowest BCUT2D eigenvalue weighted by atomic mass is 9.98. The Balaban J connectivity index is 1.96. The van der Waals surface area contributed by atoms with E-state index in [-0.39, 0.29) is 17.8 Å². The Kier molecular flexibility index (Phi) is 3.99. The van der Waals surface area contributed by atoms with Gasteiger partial charge < -0.3 is 15.4 Å². The summed E-state index contributed by atoms with van der Waals surface area (Å²) in [6, 6.07) is 5.40. The van der Waals surface area contributed by atoms with E-state index in [1.54, 1.807) is 4.90 Å². The van der Waals surface area contributed by atoms with E-state index in [0.29, 0.717) is 30.9 Å². The molecule has 1 fully saturated rings. The van der Waals surface area contributed by atoms with Crippen molar-refractivity contribution in [2.75, 3.05) is 18.4 Å². The van der Waals surface area contributed by atoms with E-state index >= 15 is 0 Å². The van der Waals surface area contributed by atoms with Crippen molar-refractivity contribution in [2.45, 2.75) is 13.3 Å². The molecule has 2 rings (SSSR count). The van der Waals surface area contributed by atoms with E-state index in [0.717, 1.165) is 0 Å². The van der Waals surface area contributed by atoms with Crippen LogP contribution < -0.4 is 5.32 Å². The minimum Gasteiger partial charge on any atom is -0.411 e. The largest absolute Gasteiger partial charge is 0.411 e. The van der Waals surface area contributed by atoms with Crippen molar-refractivity contribution >= 4 is 17.4 Å². The summed E-state index contributed by atoms with van der Waals surface area (Å²) in [6.07, 6.45) is 0.564. The van der Waals surface area contributed by atoms with Crippen molar-refractivity contribution in [1.29, 1.82) is 0 Å². The molecule has 2 N–H and O–H groups in total. The number of rotatable bonds is 1. The van der Waals surface area contributed by atoms with Crippen molar-refractivity contribution in [3.05, 3.63) is 30.1 Å². The summed E-state index contributed by atoms with van der Waals surface area (Å²) in [7, 11) is 0. The average Bonchev–Trinajstić information content (AvgIpc) is 2.41. The molecule has 19 heavy (non-hydrogen) atoms. The summed E-state index contributed by atoms with van der Waals surface area (Å²) < 4.78 is 12.8. The highest BCUT2D eigenvalue weighted by Gasteiger charge is 2.25. The van der Waals surface area contributed by atoms with Crippen LogP contribution in [0, 0.1) is 11.7 Å². The number of nitrogens with zero attached hydrogens (tertiary/aromatic N) is 2. The summed E-state index contributed by atoms with van der Waals surface area (Å²) in [4.78, 5) is 13.7. The third-order valence-corrected chi connectivity index (χ3v) is 3.21. The molecule has 1 saturated heterocycles. The number of oxime groups is 1. The Hall–Kier alpha value is -2.11. The lowest BCUT2D eigenvalue weighted by molar-refractivity contribution is 0.203. The molecule has 2 amide bonds. The molecule has 5 nitrogen and oxygen atoms in total. The maximum atomic E-state index is 12.8. The summed E-state index contributed by atoms with van der Waals surface area (Å²) in [5, 5.41) is 14.7. The monoisotopic (exact) mass is 265 g/mol. The molecule has 1 aromatic carbocycles. The van der Waals surface area contributed by atoms with Crippen LogP contribution in [0.3, 0.4) is 0 Å². The van der Waals surface area contributed by atoms with E-state index in [4.69, 9.17) is 5.21 Å². The Labute approximate surface area is 110 Å². The Morgan fingerprint density at radius 3 is 2.74 bits per heavy atom. The Morgan fingerprint density at radius 1 is 1.47 bits per heavy atom. The fraction of sp³-hybridized carbons (Fsp3) is 0.385. The molecule has 0 saturated carbocycles. The number of benzene rings is 1. The third-order valence-electron chi connectivity index (χ3n) is 3.21. The number of amides is 2. The maximum Gasteiger partial charge on any atom is 0.321 e. The molecule has 0 aromatic heterocycles. The topological polar surface area (TPSA) is 64.9 Å². The molecular weight excluding hydrogens is 249 g/mol. The SMILES string of the molecule is CC1CN(C(=O)Nc2ccc(F)cc2)CC/C1=N\O. The van der Waals surface area contributed by atoms with E-state index < -0.39 is 0 Å². The van der Waals surface area contributed by atoms with Gasteiger partial charge in [-0.1, -0.05) is 12.1 Å². The molecule has 0 bridgehead atoms. The smallest absolute Gasteiger partial charge is 0.321 e. The standard InChI is InChI=1S/C13H16FN3O2/c1-9-8-17(7-6-12(9)16-19)13(18)15-11-4-2-10(14)3-5-11/h2-5,9,19H,6-8H2,1H3,(H,15,18)/b16-12+. The van der Waals surface area contributed by atoms with E-state index in [1.807, 2.05) is 6.92 Å². The first kappa shape index (κ1) is 13.3. The number of likely N-dealkylation sites (tertiary alicyclic amines) is 1. The quantitative estimate of drug-likeness (QED) is 0.605. The van der Waals surface area contributed by atoms with E-state index in [2.05, 4.69) is 10.5 Å². The number of carbonyl (C=O) groups is 1. The molecule has 0 radical (unpaired) electrons. The van der Waals surface area contributed by atoms with Gasteiger partial charge in [0.25, 0.3) is 0 Å². The van der Waals surface area contributed by atoms with Crippen LogP contribution in [0.2, 0.25) is 0 Å². The zero-order valence-corrected chi connectivity index (χ0v) is 10.6. The molecule has 1 aliphatic heterocycles. The predicted molar refractivity (Wildman–Crippen MR) is 70.0 cm³/mol. The van der Waals surface area contributed by atoms with Gasteiger partial charge in [0.15, 0.2) is 0 Å². The molecule has 0 spiro atoms. The van der Waals surface area contributed by atoms with Crippen LogP contribution in [0.1, 0.15) is 13.3 Å². The number of anilines is 1. The van der Waals surface area contributed by atoms with Crippen molar-refractivity contribution in [3.63, 3.8) is 0 Å². The zero-order valence-electron chi connectivity index (χ0n) is 10.6. The lowest BCUT2D eigenvalue weighted by Crippen LogP contribution is -2.45. The van der Waals surface area contributed by atoms with Crippen LogP contribution >= 0.6 is 0 Å². The maximum absolute atomic E-state index is 12.8. The van der Waals surface area contributed by atoms with Crippen molar-refractivity contribution in [2.24, 2.45) is 11.1 Å². The second-order valence-corrected chi connectivity index (χ2v) is 4.63. The summed E-state index contributed by atoms with van der Waals surface area (Å²) in [5.41, 5.74) is 1.27. The van der Waals surface area contributed by atoms with Crippen LogP contribution in [0.5, 0.6) is 0 Å². The predicted octanol–water partition coefficient (Wildman–Crippen LogP) is 2.53. The van der Waals surface area contributed by atoms with Gasteiger partial charge in [-0.25, -0.2) is 9.18 Å². The number of piperidine rings is 1. The number of urea groups is 1. The average molecular weight is 265 g/mol. The molecule has 0 aliphatic carbocycles. The zero-order chi connectivity index (χ0) is 13.8. The van der Waals surface area contributed by atoms with Gasteiger partial charge in [-0.05, 0) is 24.3 Å². The minimum absolute atomic E-state index is 0.0396. The van der Waals surface area contributed by atoms with E-state index in [9.17, 15) is 9.18 Å². The molecule has 6 heteroatoms. The fourth-order valence-electron chi connectivity index (χ4n) is 2.09. The van der Waals surface area contributed by atoms with Crippen molar-refractivity contribution < 1.29 is 14.4 Å². The summed E-state index contributed by atoms with van der Waals surface area (Å²) in [5.74, 6) is -0.300. The number of halogens is 1. The van der Waals surface area contributed by atoms with Crippen molar-refractivity contribution in [1.82, 2.24) is 4.90 Å². The van der Waals surface area contributed by atoms with Gasteiger partial charge in [-0.15, -0.1) is 0 Å². The van der Waals surface area contributed by atoms with Gasteiger partial charge in [0.2, 0.25) is 0 Å². The second kappa shape index (κ2) is 5.69. The molecule has 1 aliphatic rings. The van der Waals surface area contributed by atoms with Gasteiger partial charge in [0.05, 0.1) is 5.71 Å². The van der Waals surface area contributed by atoms with Crippen molar-refractivity contribution in [3.8, 4) is 0 Å². The molecular formula is C13H16FN3O2. The highest BCUT2D eigenvalue weighted by Crippen LogP contribution is 2.16. The van der Waals surface area contributed by atoms with Crippen LogP contribution in [-0.2, 0) is 0 Å². The van der Waals surface area contributed by atoms with Gasteiger partial charge in [0.1, 0.15) is 5.82 Å². The third kappa shape index (κ3) is 3.21. The van der Waals surface area contributed by atoms with Gasteiger partial charge in [-0.3, -0.25) is 0 Å². The number of nitrogens with one attached hydrogen (secondary N) is 1. The fourth-order valence-corrected chi connectivity index (χ4v) is 2.09. The number of hydrogen-bond acceptors (Lipinski definition) is 3. The molecule has 1 aromatic rings. The first-order valence-corrected chi connectivity index (χ1v) is 6.12. The minimum atomic E-state index is -0.339. The normalized spacial score (nSPS) is 21.5. The van der Waals surface area contributed by atoms with Crippen LogP contribution in [0.25, 0.3) is 0 Å². The van der Waals surface area contributed by atoms with Gasteiger partial charge in [0, 0.05) is 31.1 Å². The summed E-state index contributed by atoms with van der Waals surface area (Å²) >= 11 is 0. The van der Waals surface area contributed by atoms with Gasteiger partial charge in [-0.2, -0.15) is 0 Å². The highest BCUT2D eigenvalue weighted by atomic mass is 19.1. The molecule has 1 heterocycles. The molecule has 102 valence electrons. The molecule has 1 atom stereocenters. The van der Waals surface area contributed by atoms with Crippen LogP contribution in [0.4, 0.5) is 14.9 Å². The lowest BCUT2D eigenvalue weighted by Gasteiger charge is -2.31. The highest BCUT2D eigenvalue weighted by molar-refractivity contribution is 5.92. The second-order valence-electron chi connectivity index (χ2n) is 4.63. The van der Waals surface area contributed by atoms with Crippen LogP contribution in [-0.4, -0.2) is 34.9 Å². The Bertz CT molecular complexity index is 487. The van der Waals surface area contributed by atoms with Gasteiger partial charge >= 0.3 is 6.03 Å². The Morgan fingerprint density at radius 2 is 2.16 bits per heavy atom. The molecule has 1 unspecified atom stereocenters. The van der Waals surface area contributed by atoms with Crippen LogP contribution in [0.15, 0.2) is 29.4 Å².